The Balaban J connectivity index is 2.11. The number of benzene rings is 1. The van der Waals surface area contributed by atoms with E-state index >= 15 is 0 Å². The minimum absolute atomic E-state index is 0.206. The Morgan fingerprint density at radius 2 is 1.95 bits per heavy atom. The molecule has 2 N–H and O–H groups in total. The maximum absolute atomic E-state index is 11.8. The van der Waals surface area contributed by atoms with Crippen LogP contribution < -0.4 is 10.5 Å². The van der Waals surface area contributed by atoms with Gasteiger partial charge in [0, 0.05) is 0 Å². The third kappa shape index (κ3) is 3.65. The van der Waals surface area contributed by atoms with Crippen LogP contribution in [0.5, 0.6) is 5.75 Å². The molecule has 1 saturated carbocycles. The monoisotopic (exact) mass is 277 g/mol. The highest BCUT2D eigenvalue weighted by molar-refractivity contribution is 5.96. The van der Waals surface area contributed by atoms with E-state index < -0.39 is 5.97 Å². The molecule has 0 bridgehead atoms. The van der Waals surface area contributed by atoms with Crippen LogP contribution in [-0.4, -0.2) is 18.7 Å². The average Bonchev–Trinajstić information content (AvgIpc) is 2.70. The molecule has 2 rings (SSSR count). The van der Waals surface area contributed by atoms with Gasteiger partial charge in [0.05, 0.1) is 24.0 Å². The molecule has 110 valence electrons. The van der Waals surface area contributed by atoms with Crippen LogP contribution in [0.4, 0.5) is 5.69 Å². The zero-order chi connectivity index (χ0) is 14.4. The number of rotatable bonds is 4. The van der Waals surface area contributed by atoms with Gasteiger partial charge in [0.1, 0.15) is 5.75 Å². The number of carbonyl (C=O) groups is 1. The summed E-state index contributed by atoms with van der Waals surface area (Å²) in [5, 5.41) is 0. The van der Waals surface area contributed by atoms with Gasteiger partial charge in [0.2, 0.25) is 0 Å². The van der Waals surface area contributed by atoms with Crippen molar-refractivity contribution in [3.8, 4) is 5.75 Å². The summed E-state index contributed by atoms with van der Waals surface area (Å²) in [5.74, 6) is 0.207. The molecule has 1 fully saturated rings. The molecule has 0 radical (unpaired) electrons. The van der Waals surface area contributed by atoms with Crippen molar-refractivity contribution < 1.29 is 14.3 Å². The Labute approximate surface area is 120 Å². The molecule has 0 spiro atoms. The number of nitrogens with two attached hydrogens (primary N) is 1. The van der Waals surface area contributed by atoms with Gasteiger partial charge in [-0.15, -0.1) is 0 Å². The van der Waals surface area contributed by atoms with E-state index in [0.717, 1.165) is 12.8 Å². The summed E-state index contributed by atoms with van der Waals surface area (Å²) in [7, 11) is 0. The Bertz CT molecular complexity index is 451. The molecule has 4 nitrogen and oxygen atoms in total. The Kier molecular flexibility index (Phi) is 5.27. The fourth-order valence-corrected chi connectivity index (χ4v) is 2.57. The second kappa shape index (κ2) is 7.17. The lowest BCUT2D eigenvalue weighted by atomic mass is 10.1. The first kappa shape index (κ1) is 14.7. The summed E-state index contributed by atoms with van der Waals surface area (Å²) >= 11 is 0. The first-order valence-corrected chi connectivity index (χ1v) is 7.44. The van der Waals surface area contributed by atoms with Crippen LogP contribution in [0.2, 0.25) is 0 Å². The van der Waals surface area contributed by atoms with Gasteiger partial charge >= 0.3 is 5.97 Å². The van der Waals surface area contributed by atoms with Crippen LogP contribution in [0.25, 0.3) is 0 Å². The molecule has 0 atom stereocenters. The summed E-state index contributed by atoms with van der Waals surface area (Å²) in [4.78, 5) is 11.8. The molecule has 0 amide bonds. The summed E-state index contributed by atoms with van der Waals surface area (Å²) < 4.78 is 11.0. The Morgan fingerprint density at radius 3 is 2.60 bits per heavy atom. The molecule has 1 aromatic rings. The van der Waals surface area contributed by atoms with E-state index in [1.165, 1.54) is 25.7 Å². The first-order chi connectivity index (χ1) is 9.72. The second-order valence-corrected chi connectivity index (χ2v) is 5.17. The maximum Gasteiger partial charge on any atom is 0.340 e. The lowest BCUT2D eigenvalue weighted by Gasteiger charge is -2.19. The Morgan fingerprint density at radius 1 is 1.25 bits per heavy atom. The van der Waals surface area contributed by atoms with Gasteiger partial charge in [-0.2, -0.15) is 0 Å². The SMILES string of the molecule is CCOC(=O)c1cccc(OC2CCCCCC2)c1N. The lowest BCUT2D eigenvalue weighted by Crippen LogP contribution is -2.17. The van der Waals surface area contributed by atoms with Crippen molar-refractivity contribution in [2.24, 2.45) is 0 Å². The van der Waals surface area contributed by atoms with E-state index in [1.807, 2.05) is 6.07 Å². The fourth-order valence-electron chi connectivity index (χ4n) is 2.57. The van der Waals surface area contributed by atoms with Gasteiger partial charge in [-0.3, -0.25) is 0 Å². The number of nitrogen functional groups attached to an aromatic ring is 1. The summed E-state index contributed by atoms with van der Waals surface area (Å²) in [6.07, 6.45) is 7.27. The molecule has 0 aromatic heterocycles. The van der Waals surface area contributed by atoms with Crippen molar-refractivity contribution >= 4 is 11.7 Å². The van der Waals surface area contributed by atoms with Crippen LogP contribution in [0.15, 0.2) is 18.2 Å². The highest BCUT2D eigenvalue weighted by Crippen LogP contribution is 2.29. The quantitative estimate of drug-likeness (QED) is 0.519. The van der Waals surface area contributed by atoms with Crippen LogP contribution in [-0.2, 0) is 4.74 Å². The highest BCUT2D eigenvalue weighted by Gasteiger charge is 2.18. The molecule has 0 saturated heterocycles. The largest absolute Gasteiger partial charge is 0.488 e. The third-order valence-corrected chi connectivity index (χ3v) is 3.66. The average molecular weight is 277 g/mol. The van der Waals surface area contributed by atoms with Crippen molar-refractivity contribution in [1.82, 2.24) is 0 Å². The zero-order valence-corrected chi connectivity index (χ0v) is 12.1. The normalized spacial score (nSPS) is 16.4. The number of hydrogen-bond donors (Lipinski definition) is 1. The number of hydrogen-bond acceptors (Lipinski definition) is 4. The molecular formula is C16H23NO3. The summed E-state index contributed by atoms with van der Waals surface area (Å²) in [6.45, 7) is 2.12. The van der Waals surface area contributed by atoms with E-state index in [-0.39, 0.29) is 6.10 Å². The third-order valence-electron chi connectivity index (χ3n) is 3.66. The van der Waals surface area contributed by atoms with Crippen LogP contribution in [0, 0.1) is 0 Å². The minimum Gasteiger partial charge on any atom is -0.488 e. The van der Waals surface area contributed by atoms with Crippen molar-refractivity contribution in [3.05, 3.63) is 23.8 Å². The predicted molar refractivity (Wildman–Crippen MR) is 78.9 cm³/mol. The van der Waals surface area contributed by atoms with Gasteiger partial charge < -0.3 is 15.2 Å². The molecule has 4 heteroatoms. The number of carbonyl (C=O) groups excluding carboxylic acids is 1. The molecule has 1 aliphatic rings. The summed E-state index contributed by atoms with van der Waals surface area (Å²) in [6, 6.07) is 5.28. The minimum atomic E-state index is -0.392. The lowest BCUT2D eigenvalue weighted by molar-refractivity contribution is 0.0527. The predicted octanol–water partition coefficient (Wildman–Crippen LogP) is 3.55. The highest BCUT2D eigenvalue weighted by atomic mass is 16.5. The van der Waals surface area contributed by atoms with E-state index in [2.05, 4.69) is 0 Å². The van der Waals surface area contributed by atoms with Crippen LogP contribution >= 0.6 is 0 Å². The number of ether oxygens (including phenoxy) is 2. The molecule has 0 unspecified atom stereocenters. The smallest absolute Gasteiger partial charge is 0.340 e. The van der Waals surface area contributed by atoms with Crippen molar-refractivity contribution in [2.45, 2.75) is 51.6 Å². The maximum atomic E-state index is 11.8. The number of para-hydroxylation sites is 1. The molecule has 0 aliphatic heterocycles. The van der Waals surface area contributed by atoms with Crippen LogP contribution in [0.1, 0.15) is 55.8 Å². The topological polar surface area (TPSA) is 61.5 Å². The van der Waals surface area contributed by atoms with Gasteiger partial charge in [0.15, 0.2) is 0 Å². The fraction of sp³-hybridized carbons (Fsp3) is 0.562. The van der Waals surface area contributed by atoms with E-state index in [9.17, 15) is 4.79 Å². The molecule has 0 heterocycles. The first-order valence-electron chi connectivity index (χ1n) is 7.44. The van der Waals surface area contributed by atoms with E-state index in [4.69, 9.17) is 15.2 Å². The number of esters is 1. The second-order valence-electron chi connectivity index (χ2n) is 5.17. The van der Waals surface area contributed by atoms with Gasteiger partial charge in [-0.25, -0.2) is 4.79 Å². The number of anilines is 1. The van der Waals surface area contributed by atoms with Crippen molar-refractivity contribution in [3.63, 3.8) is 0 Å². The van der Waals surface area contributed by atoms with E-state index in [0.29, 0.717) is 23.6 Å². The molecule has 20 heavy (non-hydrogen) atoms. The summed E-state index contributed by atoms with van der Waals surface area (Å²) in [5.41, 5.74) is 6.82. The standard InChI is InChI=1S/C16H23NO3/c1-2-19-16(18)13-10-7-11-14(15(13)17)20-12-8-5-3-4-6-9-12/h7,10-12H,2-6,8-9,17H2,1H3. The molecular weight excluding hydrogens is 254 g/mol. The zero-order valence-electron chi connectivity index (χ0n) is 12.1. The van der Waals surface area contributed by atoms with Gasteiger partial charge in [-0.05, 0) is 44.7 Å². The molecule has 1 aliphatic carbocycles. The Hall–Kier alpha value is -1.71. The van der Waals surface area contributed by atoms with Crippen LogP contribution in [0.3, 0.4) is 0 Å². The van der Waals surface area contributed by atoms with Crippen molar-refractivity contribution in [1.29, 1.82) is 0 Å². The molecule has 1 aromatic carbocycles. The van der Waals surface area contributed by atoms with E-state index in [1.54, 1.807) is 19.1 Å². The van der Waals surface area contributed by atoms with Gasteiger partial charge in [0.25, 0.3) is 0 Å². The van der Waals surface area contributed by atoms with Gasteiger partial charge in [-0.1, -0.05) is 18.9 Å². The van der Waals surface area contributed by atoms with Crippen molar-refractivity contribution in [2.75, 3.05) is 12.3 Å².